The van der Waals surface area contributed by atoms with Crippen molar-refractivity contribution in [3.05, 3.63) is 70.8 Å². The van der Waals surface area contributed by atoms with E-state index in [0.717, 1.165) is 64.7 Å². The highest BCUT2D eigenvalue weighted by Gasteiger charge is 2.12. The normalized spacial score (nSPS) is 15.3. The molecule has 0 radical (unpaired) electrons. The molecule has 0 amide bonds. The second kappa shape index (κ2) is 11.6. The predicted octanol–water partition coefficient (Wildman–Crippen LogP) is 2.99. The maximum absolute atomic E-state index is 5.46. The number of nitrogens with one attached hydrogen (secondary N) is 2. The van der Waals surface area contributed by atoms with Crippen molar-refractivity contribution < 1.29 is 4.74 Å². The molecule has 156 valence electrons. The van der Waals surface area contributed by atoms with Crippen LogP contribution in [0.2, 0.25) is 0 Å². The molecule has 0 saturated carbocycles. The van der Waals surface area contributed by atoms with Crippen LogP contribution in [0.15, 0.2) is 53.5 Å². The van der Waals surface area contributed by atoms with Gasteiger partial charge in [-0.05, 0) is 35.1 Å². The highest BCUT2D eigenvalue weighted by Crippen LogP contribution is 2.13. The van der Waals surface area contributed by atoms with Crippen molar-refractivity contribution in [1.29, 1.82) is 0 Å². The van der Waals surface area contributed by atoms with Gasteiger partial charge in [-0.15, -0.1) is 0 Å². The molecule has 1 heterocycles. The van der Waals surface area contributed by atoms with Crippen LogP contribution in [0.1, 0.15) is 29.2 Å². The van der Waals surface area contributed by atoms with Crippen molar-refractivity contribution in [2.75, 3.05) is 39.9 Å². The summed E-state index contributed by atoms with van der Waals surface area (Å²) in [5.74, 6) is 0.844. The van der Waals surface area contributed by atoms with E-state index in [2.05, 4.69) is 76.0 Å². The van der Waals surface area contributed by atoms with Gasteiger partial charge in [0.05, 0.1) is 13.2 Å². The lowest BCUT2D eigenvalue weighted by Crippen LogP contribution is -2.38. The lowest BCUT2D eigenvalue weighted by molar-refractivity contribution is 0.0341. The molecular formula is C24H34N4O. The van der Waals surface area contributed by atoms with E-state index in [9.17, 15) is 0 Å². The van der Waals surface area contributed by atoms with Crippen molar-refractivity contribution in [2.24, 2.45) is 4.99 Å². The Morgan fingerprint density at radius 1 is 0.966 bits per heavy atom. The van der Waals surface area contributed by atoms with Gasteiger partial charge in [0.15, 0.2) is 5.96 Å². The van der Waals surface area contributed by atoms with Gasteiger partial charge in [0.1, 0.15) is 0 Å². The summed E-state index contributed by atoms with van der Waals surface area (Å²) >= 11 is 0. The lowest BCUT2D eigenvalue weighted by Gasteiger charge is -2.27. The summed E-state index contributed by atoms with van der Waals surface area (Å²) in [6.07, 6.45) is 2.07. The summed E-state index contributed by atoms with van der Waals surface area (Å²) < 4.78 is 5.46. The standard InChI is InChI=1S/C24H34N4O/c1-3-20-8-10-21(11-9-20)12-13-26-24(25-2)27-18-22-6-4-5-7-23(22)19-28-14-16-29-17-15-28/h4-11H,3,12-19H2,1-2H3,(H2,25,26,27). The number of hydrogen-bond acceptors (Lipinski definition) is 3. The van der Waals surface area contributed by atoms with Gasteiger partial charge in [0.2, 0.25) is 0 Å². The molecule has 3 rings (SSSR count). The fraction of sp³-hybridized carbons (Fsp3) is 0.458. The molecule has 1 aliphatic heterocycles. The second-order valence-corrected chi connectivity index (χ2v) is 7.43. The molecule has 5 heteroatoms. The van der Waals surface area contributed by atoms with Crippen LogP contribution in [0.5, 0.6) is 0 Å². The van der Waals surface area contributed by atoms with Crippen LogP contribution >= 0.6 is 0 Å². The third-order valence-electron chi connectivity index (χ3n) is 5.42. The highest BCUT2D eigenvalue weighted by atomic mass is 16.5. The second-order valence-electron chi connectivity index (χ2n) is 7.43. The number of morpholine rings is 1. The van der Waals surface area contributed by atoms with Crippen LogP contribution in [-0.2, 0) is 30.7 Å². The van der Waals surface area contributed by atoms with Gasteiger partial charge in [-0.25, -0.2) is 0 Å². The Morgan fingerprint density at radius 3 is 2.34 bits per heavy atom. The molecule has 2 N–H and O–H groups in total. The zero-order valence-corrected chi connectivity index (χ0v) is 17.8. The number of aliphatic imine (C=N–C) groups is 1. The summed E-state index contributed by atoms with van der Waals surface area (Å²) in [7, 11) is 1.82. The summed E-state index contributed by atoms with van der Waals surface area (Å²) in [6.45, 7) is 8.46. The van der Waals surface area contributed by atoms with Gasteiger partial charge >= 0.3 is 0 Å². The van der Waals surface area contributed by atoms with E-state index in [1.54, 1.807) is 0 Å². The maximum Gasteiger partial charge on any atom is 0.191 e. The quantitative estimate of drug-likeness (QED) is 0.534. The van der Waals surface area contributed by atoms with E-state index in [0.29, 0.717) is 0 Å². The Balaban J connectivity index is 1.47. The molecule has 29 heavy (non-hydrogen) atoms. The molecule has 0 aromatic heterocycles. The summed E-state index contributed by atoms with van der Waals surface area (Å²) in [5.41, 5.74) is 5.42. The first-order valence-corrected chi connectivity index (χ1v) is 10.7. The number of guanidine groups is 1. The molecule has 0 bridgehead atoms. The van der Waals surface area contributed by atoms with Gasteiger partial charge in [0, 0.05) is 39.8 Å². The minimum atomic E-state index is 0.769. The number of aryl methyl sites for hydroxylation is 1. The fourth-order valence-electron chi connectivity index (χ4n) is 3.55. The number of rotatable bonds is 8. The molecule has 0 unspecified atom stereocenters. The van der Waals surface area contributed by atoms with E-state index in [-0.39, 0.29) is 0 Å². The minimum absolute atomic E-state index is 0.769. The molecule has 1 aliphatic rings. The van der Waals surface area contributed by atoms with E-state index in [4.69, 9.17) is 4.74 Å². The summed E-state index contributed by atoms with van der Waals surface area (Å²) in [4.78, 5) is 6.83. The first-order chi connectivity index (χ1) is 14.3. The fourth-order valence-corrected chi connectivity index (χ4v) is 3.55. The SMILES string of the molecule is CCc1ccc(CCNC(=NC)NCc2ccccc2CN2CCOCC2)cc1. The monoisotopic (exact) mass is 394 g/mol. The molecule has 1 saturated heterocycles. The summed E-state index contributed by atoms with van der Waals surface area (Å²) in [6, 6.07) is 17.5. The van der Waals surface area contributed by atoms with Crippen LogP contribution in [0.4, 0.5) is 0 Å². The number of nitrogens with zero attached hydrogens (tertiary/aromatic N) is 2. The summed E-state index contributed by atoms with van der Waals surface area (Å²) in [5, 5.41) is 6.89. The van der Waals surface area contributed by atoms with Gasteiger partial charge in [0.25, 0.3) is 0 Å². The molecular weight excluding hydrogens is 360 g/mol. The largest absolute Gasteiger partial charge is 0.379 e. The Kier molecular flexibility index (Phi) is 8.53. The van der Waals surface area contributed by atoms with Crippen molar-refractivity contribution in [2.45, 2.75) is 32.9 Å². The van der Waals surface area contributed by atoms with E-state index in [1.165, 1.54) is 22.3 Å². The third-order valence-corrected chi connectivity index (χ3v) is 5.42. The minimum Gasteiger partial charge on any atom is -0.379 e. The zero-order valence-electron chi connectivity index (χ0n) is 17.8. The van der Waals surface area contributed by atoms with Crippen LogP contribution < -0.4 is 10.6 Å². The Labute approximate surface area is 175 Å². The molecule has 1 fully saturated rings. The zero-order chi connectivity index (χ0) is 20.3. The Hall–Kier alpha value is -2.37. The molecule has 0 aliphatic carbocycles. The molecule has 2 aromatic rings. The van der Waals surface area contributed by atoms with Crippen molar-refractivity contribution in [3.8, 4) is 0 Å². The van der Waals surface area contributed by atoms with Crippen LogP contribution in [0.25, 0.3) is 0 Å². The maximum atomic E-state index is 5.46. The van der Waals surface area contributed by atoms with Crippen molar-refractivity contribution >= 4 is 5.96 Å². The number of benzene rings is 2. The van der Waals surface area contributed by atoms with Crippen LogP contribution in [0.3, 0.4) is 0 Å². The van der Waals surface area contributed by atoms with Gasteiger partial charge in [-0.3, -0.25) is 9.89 Å². The van der Waals surface area contributed by atoms with E-state index in [1.807, 2.05) is 7.05 Å². The average Bonchev–Trinajstić information content (AvgIpc) is 2.78. The lowest BCUT2D eigenvalue weighted by atomic mass is 10.1. The van der Waals surface area contributed by atoms with Crippen molar-refractivity contribution in [3.63, 3.8) is 0 Å². The van der Waals surface area contributed by atoms with Gasteiger partial charge in [-0.2, -0.15) is 0 Å². The predicted molar refractivity (Wildman–Crippen MR) is 120 cm³/mol. The average molecular weight is 395 g/mol. The molecule has 2 aromatic carbocycles. The first-order valence-electron chi connectivity index (χ1n) is 10.7. The smallest absolute Gasteiger partial charge is 0.191 e. The number of ether oxygens (including phenoxy) is 1. The van der Waals surface area contributed by atoms with Gasteiger partial charge in [-0.1, -0.05) is 55.5 Å². The van der Waals surface area contributed by atoms with Crippen LogP contribution in [-0.4, -0.2) is 50.8 Å². The Morgan fingerprint density at radius 2 is 1.66 bits per heavy atom. The van der Waals surface area contributed by atoms with E-state index < -0.39 is 0 Å². The Bertz CT molecular complexity index is 767. The van der Waals surface area contributed by atoms with Crippen LogP contribution in [0, 0.1) is 0 Å². The van der Waals surface area contributed by atoms with Gasteiger partial charge < -0.3 is 15.4 Å². The van der Waals surface area contributed by atoms with E-state index >= 15 is 0 Å². The first kappa shape index (κ1) is 21.3. The third kappa shape index (κ3) is 6.87. The highest BCUT2D eigenvalue weighted by molar-refractivity contribution is 5.79. The van der Waals surface area contributed by atoms with Crippen molar-refractivity contribution in [1.82, 2.24) is 15.5 Å². The molecule has 0 spiro atoms. The topological polar surface area (TPSA) is 48.9 Å². The number of hydrogen-bond donors (Lipinski definition) is 2. The molecule has 5 nitrogen and oxygen atoms in total. The molecule has 0 atom stereocenters.